The van der Waals surface area contributed by atoms with Crippen molar-refractivity contribution in [3.05, 3.63) is 56.2 Å². The highest BCUT2D eigenvalue weighted by Gasteiger charge is 2.26. The molecule has 0 unspecified atom stereocenters. The number of hydrogen-bond donors (Lipinski definition) is 1. The fourth-order valence-electron chi connectivity index (χ4n) is 4.18. The van der Waals surface area contributed by atoms with E-state index in [-0.39, 0.29) is 19.1 Å². The highest BCUT2D eigenvalue weighted by atomic mass is 16.2. The van der Waals surface area contributed by atoms with Gasteiger partial charge >= 0.3 is 5.69 Å². The summed E-state index contributed by atoms with van der Waals surface area (Å²) < 4.78 is 4.31. The molecule has 0 aliphatic carbocycles. The van der Waals surface area contributed by atoms with Gasteiger partial charge in [0.2, 0.25) is 5.95 Å². The van der Waals surface area contributed by atoms with E-state index in [1.54, 1.807) is 42.8 Å². The van der Waals surface area contributed by atoms with Gasteiger partial charge in [-0.2, -0.15) is 10.2 Å². The maximum absolute atomic E-state index is 13.6. The fraction of sp³-hybridized carbons (Fsp3) is 0.440. The Hall–Kier alpha value is -3.82. The van der Waals surface area contributed by atoms with E-state index in [0.29, 0.717) is 34.8 Å². The average Bonchev–Trinajstić information content (AvgIpc) is 3.25. The van der Waals surface area contributed by atoms with Gasteiger partial charge in [-0.3, -0.25) is 18.5 Å². The van der Waals surface area contributed by atoms with E-state index in [1.807, 2.05) is 13.8 Å². The molecular formula is C25H31N7O2. The molecule has 1 saturated heterocycles. The molecule has 34 heavy (non-hydrogen) atoms. The van der Waals surface area contributed by atoms with Crippen LogP contribution >= 0.6 is 0 Å². The van der Waals surface area contributed by atoms with Gasteiger partial charge in [0.05, 0.1) is 24.7 Å². The number of nitrogens with two attached hydrogens (primary N) is 1. The van der Waals surface area contributed by atoms with Crippen molar-refractivity contribution in [1.29, 1.82) is 5.26 Å². The van der Waals surface area contributed by atoms with Crippen LogP contribution in [0, 0.1) is 23.2 Å². The standard InChI is InChI=1S/C23H25N7O2.C2H6/c1-3-4-12-29-19-20(26-22(29)28-11-7-10-18(25)15-28)27(2)23(32)30(21(19)31)14-17-9-6-5-8-16(17)13-24;1-2/h5-6,8-9,18H,7,10-12,14-15,25H2,1-2H3;1-2H3/t18-;/m1./s1. The normalized spacial score (nSPS) is 15.2. The molecule has 0 bridgehead atoms. The van der Waals surface area contributed by atoms with E-state index < -0.39 is 11.2 Å². The van der Waals surface area contributed by atoms with Crippen molar-refractivity contribution in [2.24, 2.45) is 12.8 Å². The Kier molecular flexibility index (Phi) is 7.93. The second-order valence-electron chi connectivity index (χ2n) is 7.95. The largest absolute Gasteiger partial charge is 0.341 e. The number of piperidine rings is 1. The molecule has 1 aromatic carbocycles. The van der Waals surface area contributed by atoms with E-state index in [0.717, 1.165) is 24.0 Å². The van der Waals surface area contributed by atoms with Crippen LogP contribution < -0.4 is 21.9 Å². The molecule has 0 radical (unpaired) electrons. The highest BCUT2D eigenvalue weighted by molar-refractivity contribution is 5.75. The molecule has 4 rings (SSSR count). The molecular weight excluding hydrogens is 430 g/mol. The zero-order valence-electron chi connectivity index (χ0n) is 20.2. The average molecular weight is 462 g/mol. The van der Waals surface area contributed by atoms with Crippen LogP contribution in [0.25, 0.3) is 11.2 Å². The Labute approximate surface area is 199 Å². The third kappa shape index (κ3) is 4.61. The maximum Gasteiger partial charge on any atom is 0.332 e. The Morgan fingerprint density at radius 3 is 2.62 bits per heavy atom. The van der Waals surface area contributed by atoms with Crippen molar-refractivity contribution in [1.82, 2.24) is 18.7 Å². The van der Waals surface area contributed by atoms with Crippen molar-refractivity contribution in [2.75, 3.05) is 18.0 Å². The molecule has 1 aliphatic rings. The summed E-state index contributed by atoms with van der Waals surface area (Å²) in [6.45, 7) is 7.41. The first-order chi connectivity index (χ1) is 16.5. The highest BCUT2D eigenvalue weighted by Crippen LogP contribution is 2.23. The van der Waals surface area contributed by atoms with E-state index in [1.165, 1.54) is 4.57 Å². The van der Waals surface area contributed by atoms with Gasteiger partial charge in [0.1, 0.15) is 0 Å². The summed E-state index contributed by atoms with van der Waals surface area (Å²) in [6, 6.07) is 9.09. The lowest BCUT2D eigenvalue weighted by atomic mass is 10.1. The van der Waals surface area contributed by atoms with E-state index in [4.69, 9.17) is 5.73 Å². The summed E-state index contributed by atoms with van der Waals surface area (Å²) in [6.07, 6.45) is 1.87. The van der Waals surface area contributed by atoms with Crippen LogP contribution in [0.15, 0.2) is 33.9 Å². The van der Waals surface area contributed by atoms with Gasteiger partial charge in [0.25, 0.3) is 5.56 Å². The lowest BCUT2D eigenvalue weighted by Gasteiger charge is -2.31. The van der Waals surface area contributed by atoms with Crippen LogP contribution in [-0.4, -0.2) is 37.8 Å². The molecule has 178 valence electrons. The van der Waals surface area contributed by atoms with Crippen molar-refractivity contribution in [3.8, 4) is 17.9 Å². The summed E-state index contributed by atoms with van der Waals surface area (Å²) in [7, 11) is 1.60. The van der Waals surface area contributed by atoms with Crippen molar-refractivity contribution < 1.29 is 0 Å². The molecule has 0 spiro atoms. The lowest BCUT2D eigenvalue weighted by Crippen LogP contribution is -2.44. The van der Waals surface area contributed by atoms with Crippen LogP contribution in [0.2, 0.25) is 0 Å². The fourth-order valence-corrected chi connectivity index (χ4v) is 4.18. The molecule has 3 aromatic rings. The van der Waals surface area contributed by atoms with E-state index in [9.17, 15) is 14.9 Å². The second kappa shape index (κ2) is 10.9. The van der Waals surface area contributed by atoms with Gasteiger partial charge in [0, 0.05) is 26.2 Å². The first-order valence-electron chi connectivity index (χ1n) is 11.5. The molecule has 9 heteroatoms. The van der Waals surface area contributed by atoms with Gasteiger partial charge < -0.3 is 10.6 Å². The SMILES string of the molecule is CC.CC#CCn1c(N2CCC[C@@H](N)C2)nc2c1c(=O)n(Cc1ccccc1C#N)c(=O)n2C. The van der Waals surface area contributed by atoms with E-state index >= 15 is 0 Å². The lowest BCUT2D eigenvalue weighted by molar-refractivity contribution is 0.496. The smallest absolute Gasteiger partial charge is 0.332 e. The topological polar surface area (TPSA) is 115 Å². The first-order valence-corrected chi connectivity index (χ1v) is 11.5. The summed E-state index contributed by atoms with van der Waals surface area (Å²) >= 11 is 0. The third-order valence-electron chi connectivity index (χ3n) is 5.83. The second-order valence-corrected chi connectivity index (χ2v) is 7.95. The number of aryl methyl sites for hydroxylation is 1. The first kappa shape index (κ1) is 24.8. The monoisotopic (exact) mass is 461 g/mol. The number of hydrogen-bond acceptors (Lipinski definition) is 6. The summed E-state index contributed by atoms with van der Waals surface area (Å²) in [5, 5.41) is 9.41. The van der Waals surface area contributed by atoms with Crippen LogP contribution in [0.5, 0.6) is 0 Å². The van der Waals surface area contributed by atoms with Crippen LogP contribution in [0.1, 0.15) is 44.7 Å². The number of rotatable bonds is 4. The predicted octanol–water partition coefficient (Wildman–Crippen LogP) is 1.79. The van der Waals surface area contributed by atoms with Gasteiger partial charge in [0.15, 0.2) is 11.2 Å². The van der Waals surface area contributed by atoms with Gasteiger partial charge in [-0.1, -0.05) is 38.0 Å². The van der Waals surface area contributed by atoms with Crippen molar-refractivity contribution in [2.45, 2.75) is 52.7 Å². The minimum atomic E-state index is -0.483. The summed E-state index contributed by atoms with van der Waals surface area (Å²) in [4.78, 5) is 33.4. The Bertz CT molecular complexity index is 1400. The number of nitrogens with zero attached hydrogens (tertiary/aromatic N) is 6. The zero-order valence-corrected chi connectivity index (χ0v) is 20.2. The molecule has 2 N–H and O–H groups in total. The molecule has 1 fully saturated rings. The van der Waals surface area contributed by atoms with Gasteiger partial charge in [-0.15, -0.1) is 5.92 Å². The van der Waals surface area contributed by atoms with E-state index in [2.05, 4.69) is 27.8 Å². The number of benzene rings is 1. The molecule has 9 nitrogen and oxygen atoms in total. The number of fused-ring (bicyclic) bond motifs is 1. The van der Waals surface area contributed by atoms with Crippen LogP contribution in [0.4, 0.5) is 5.95 Å². The van der Waals surface area contributed by atoms with Crippen LogP contribution in [0.3, 0.4) is 0 Å². The van der Waals surface area contributed by atoms with Gasteiger partial charge in [-0.05, 0) is 31.4 Å². The molecule has 1 aliphatic heterocycles. The minimum Gasteiger partial charge on any atom is -0.341 e. The number of anilines is 1. The quantitative estimate of drug-likeness (QED) is 0.593. The Morgan fingerprint density at radius 2 is 1.94 bits per heavy atom. The molecule has 1 atom stereocenters. The van der Waals surface area contributed by atoms with Crippen molar-refractivity contribution >= 4 is 17.1 Å². The predicted molar refractivity (Wildman–Crippen MR) is 134 cm³/mol. The molecule has 0 saturated carbocycles. The number of aromatic nitrogens is 4. The van der Waals surface area contributed by atoms with Crippen LogP contribution in [-0.2, 0) is 20.1 Å². The van der Waals surface area contributed by atoms with Gasteiger partial charge in [-0.25, -0.2) is 4.79 Å². The zero-order chi connectivity index (χ0) is 24.8. The summed E-state index contributed by atoms with van der Waals surface area (Å²) in [5.74, 6) is 6.49. The molecule has 3 heterocycles. The number of imidazole rings is 1. The minimum absolute atomic E-state index is 0.000260. The maximum atomic E-state index is 13.6. The molecule has 2 aromatic heterocycles. The molecule has 0 amide bonds. The number of nitriles is 1. The third-order valence-corrected chi connectivity index (χ3v) is 5.83. The Morgan fingerprint density at radius 1 is 1.21 bits per heavy atom. The van der Waals surface area contributed by atoms with Crippen molar-refractivity contribution in [3.63, 3.8) is 0 Å². The Balaban J connectivity index is 0.00000158. The summed E-state index contributed by atoms with van der Waals surface area (Å²) in [5.41, 5.74) is 6.91.